The number of esters is 1. The van der Waals surface area contributed by atoms with Gasteiger partial charge in [0.2, 0.25) is 5.83 Å². The first-order valence-electron chi connectivity index (χ1n) is 9.61. The van der Waals surface area contributed by atoms with Gasteiger partial charge in [-0.15, -0.1) is 0 Å². The van der Waals surface area contributed by atoms with Gasteiger partial charge in [-0.05, 0) is 79.0 Å². The van der Waals surface area contributed by atoms with Crippen molar-refractivity contribution in [1.29, 1.82) is 0 Å². The molecule has 4 nitrogen and oxygen atoms in total. The number of aromatic nitrogens is 1. The molecule has 0 spiro atoms. The van der Waals surface area contributed by atoms with E-state index in [0.29, 0.717) is 12.8 Å². The summed E-state index contributed by atoms with van der Waals surface area (Å²) >= 11 is 3.42. The number of allylic oxidation sites excluding steroid dienone is 1. The first-order chi connectivity index (χ1) is 12.8. The molecule has 0 radical (unpaired) electrons. The van der Waals surface area contributed by atoms with E-state index in [1.807, 2.05) is 25.1 Å². The van der Waals surface area contributed by atoms with Crippen molar-refractivity contribution in [1.82, 2.24) is 4.98 Å². The van der Waals surface area contributed by atoms with Gasteiger partial charge in [-0.1, -0.05) is 26.8 Å². The largest absolute Gasteiger partial charge is 0.461 e. The molecule has 0 aliphatic rings. The zero-order chi connectivity index (χ0) is 20.5. The van der Waals surface area contributed by atoms with Gasteiger partial charge in [0, 0.05) is 0 Å². The quantitative estimate of drug-likeness (QED) is 0.169. The second kappa shape index (κ2) is 11.1. The maximum Gasteiger partial charge on any atom is 0.366 e. The van der Waals surface area contributed by atoms with Gasteiger partial charge in [-0.3, -0.25) is 0 Å². The van der Waals surface area contributed by atoms with Gasteiger partial charge in [-0.2, -0.15) is 4.39 Å². The number of hydrogen-bond acceptors (Lipinski definition) is 4. The number of pyridine rings is 1. The highest BCUT2D eigenvalue weighted by molar-refractivity contribution is 9.10. The van der Waals surface area contributed by atoms with Gasteiger partial charge >= 0.3 is 5.97 Å². The Morgan fingerprint density at radius 3 is 2.41 bits per heavy atom. The molecule has 1 atom stereocenters. The summed E-state index contributed by atoms with van der Waals surface area (Å²) in [5.74, 6) is -1.77. The fourth-order valence-corrected chi connectivity index (χ4v) is 6.58. The number of ether oxygens (including phenoxy) is 1. The predicted molar refractivity (Wildman–Crippen MR) is 113 cm³/mol. The van der Waals surface area contributed by atoms with Crippen LogP contribution in [0.5, 0.6) is 0 Å². The Balaban J connectivity index is 3.11. The smallest absolute Gasteiger partial charge is 0.366 e. The second-order valence-electron chi connectivity index (χ2n) is 6.73. The lowest BCUT2D eigenvalue weighted by molar-refractivity contribution is -0.140. The molecule has 1 aromatic heterocycles. The highest BCUT2D eigenvalue weighted by atomic mass is 79.9. The van der Waals surface area contributed by atoms with E-state index in [2.05, 4.69) is 41.7 Å². The molecule has 1 aromatic rings. The molecule has 0 fully saturated rings. The van der Waals surface area contributed by atoms with Crippen LogP contribution in [0.15, 0.2) is 34.7 Å². The fourth-order valence-electron chi connectivity index (χ4n) is 3.14. The second-order valence-corrected chi connectivity index (χ2v) is 12.2. The Hall–Kier alpha value is -1.05. The van der Waals surface area contributed by atoms with E-state index in [0.717, 1.165) is 28.4 Å². The SMILES string of the molecule is CCOC(=O)/C(F)=C/CC[C@@](C)(O[Si](CC)(CC)CC)c1cccc(Br)n1. The molecule has 0 bridgehead atoms. The normalized spacial score (nSPS) is 14.7. The summed E-state index contributed by atoms with van der Waals surface area (Å²) in [6.07, 6.45) is 2.17. The lowest BCUT2D eigenvalue weighted by Gasteiger charge is -2.40. The molecule has 152 valence electrons. The first kappa shape index (κ1) is 24.0. The molecule has 0 aromatic carbocycles. The number of hydrogen-bond donors (Lipinski definition) is 0. The Bertz CT molecular complexity index is 644. The molecule has 0 amide bonds. The maximum atomic E-state index is 13.9. The molecule has 27 heavy (non-hydrogen) atoms. The summed E-state index contributed by atoms with van der Waals surface area (Å²) < 4.78 is 26.1. The third-order valence-corrected chi connectivity index (χ3v) is 10.2. The number of halogens is 2. The van der Waals surface area contributed by atoms with E-state index in [-0.39, 0.29) is 6.61 Å². The van der Waals surface area contributed by atoms with Crippen molar-refractivity contribution < 1.29 is 18.3 Å². The van der Waals surface area contributed by atoms with Crippen LogP contribution < -0.4 is 0 Å². The third-order valence-electron chi connectivity index (χ3n) is 5.05. The van der Waals surface area contributed by atoms with E-state index in [1.165, 1.54) is 6.08 Å². The average molecular weight is 460 g/mol. The van der Waals surface area contributed by atoms with Crippen molar-refractivity contribution >= 4 is 30.2 Å². The van der Waals surface area contributed by atoms with E-state index in [9.17, 15) is 9.18 Å². The van der Waals surface area contributed by atoms with Crippen molar-refractivity contribution in [2.45, 2.75) is 71.2 Å². The lowest BCUT2D eigenvalue weighted by Crippen LogP contribution is -2.44. The summed E-state index contributed by atoms with van der Waals surface area (Å²) in [6.45, 7) is 10.3. The Kier molecular flexibility index (Phi) is 9.84. The molecule has 7 heteroatoms. The van der Waals surface area contributed by atoms with Gasteiger partial charge in [0.25, 0.3) is 0 Å². The van der Waals surface area contributed by atoms with Gasteiger partial charge in [-0.25, -0.2) is 9.78 Å². The molecule has 0 aliphatic carbocycles. The van der Waals surface area contributed by atoms with Crippen LogP contribution in [0.2, 0.25) is 18.1 Å². The van der Waals surface area contributed by atoms with Crippen LogP contribution in [0.1, 0.15) is 53.2 Å². The van der Waals surface area contributed by atoms with Crippen LogP contribution in [0.3, 0.4) is 0 Å². The molecule has 0 N–H and O–H groups in total. The van der Waals surface area contributed by atoms with Gasteiger partial charge in [0.1, 0.15) is 4.60 Å². The minimum absolute atomic E-state index is 0.153. The van der Waals surface area contributed by atoms with Crippen LogP contribution in [0.25, 0.3) is 0 Å². The lowest BCUT2D eigenvalue weighted by atomic mass is 9.95. The standard InChI is InChI=1S/C20H31BrFNO3Si/c1-6-25-19(24)16(22)12-11-15-20(5,17-13-10-14-18(21)23-17)26-27(7-2,8-3)9-4/h10,12-14H,6-9,11,15H2,1-5H3/b16-12-/t20-/m1/s1. The van der Waals surface area contributed by atoms with Crippen LogP contribution in [0.4, 0.5) is 4.39 Å². The van der Waals surface area contributed by atoms with E-state index in [4.69, 9.17) is 9.16 Å². The number of rotatable bonds is 11. The van der Waals surface area contributed by atoms with Crippen LogP contribution in [-0.2, 0) is 19.6 Å². The average Bonchev–Trinajstić information content (AvgIpc) is 2.66. The monoisotopic (exact) mass is 459 g/mol. The highest BCUT2D eigenvalue weighted by Crippen LogP contribution is 2.37. The van der Waals surface area contributed by atoms with Gasteiger partial charge in [0.15, 0.2) is 8.32 Å². The molecule has 1 heterocycles. The van der Waals surface area contributed by atoms with Gasteiger partial charge in [0.05, 0.1) is 17.9 Å². The molecule has 0 unspecified atom stereocenters. The number of nitrogens with zero attached hydrogens (tertiary/aromatic N) is 1. The summed E-state index contributed by atoms with van der Waals surface area (Å²) in [5, 5.41) is 0. The molecule has 0 aliphatic heterocycles. The van der Waals surface area contributed by atoms with Crippen molar-refractivity contribution in [2.75, 3.05) is 6.61 Å². The highest BCUT2D eigenvalue weighted by Gasteiger charge is 2.39. The third kappa shape index (κ3) is 6.80. The summed E-state index contributed by atoms with van der Waals surface area (Å²) in [7, 11) is -1.93. The molecule has 0 saturated carbocycles. The number of carbonyl (C=O) groups excluding carboxylic acids is 1. The minimum atomic E-state index is -1.93. The molecule has 0 saturated heterocycles. The summed E-state index contributed by atoms with van der Waals surface area (Å²) in [4.78, 5) is 16.1. The van der Waals surface area contributed by atoms with Crippen molar-refractivity contribution in [3.63, 3.8) is 0 Å². The van der Waals surface area contributed by atoms with Crippen LogP contribution in [0, 0.1) is 0 Å². The number of carbonyl (C=O) groups is 1. The summed E-state index contributed by atoms with van der Waals surface area (Å²) in [5.41, 5.74) is 0.165. The minimum Gasteiger partial charge on any atom is -0.461 e. The predicted octanol–water partition coefficient (Wildman–Crippen LogP) is 6.28. The van der Waals surface area contributed by atoms with Crippen molar-refractivity contribution in [3.05, 3.63) is 40.4 Å². The maximum absolute atomic E-state index is 13.9. The first-order valence-corrected chi connectivity index (χ1v) is 12.9. The Labute approximate surface area is 171 Å². The fraction of sp³-hybridized carbons (Fsp3) is 0.600. The topological polar surface area (TPSA) is 48.4 Å². The van der Waals surface area contributed by atoms with Gasteiger partial charge < -0.3 is 9.16 Å². The van der Waals surface area contributed by atoms with E-state index < -0.39 is 25.7 Å². The van der Waals surface area contributed by atoms with Crippen LogP contribution >= 0.6 is 15.9 Å². The van der Waals surface area contributed by atoms with E-state index in [1.54, 1.807) is 6.92 Å². The molecule has 1 rings (SSSR count). The zero-order valence-electron chi connectivity index (χ0n) is 17.0. The van der Waals surface area contributed by atoms with E-state index >= 15 is 0 Å². The Morgan fingerprint density at radius 1 is 1.26 bits per heavy atom. The van der Waals surface area contributed by atoms with Crippen LogP contribution in [-0.4, -0.2) is 25.9 Å². The molecular weight excluding hydrogens is 429 g/mol. The Morgan fingerprint density at radius 2 is 1.89 bits per heavy atom. The molecular formula is C20H31BrFNO3Si. The summed E-state index contributed by atoms with van der Waals surface area (Å²) in [6, 6.07) is 8.77. The van der Waals surface area contributed by atoms with Crippen molar-refractivity contribution in [3.8, 4) is 0 Å². The zero-order valence-corrected chi connectivity index (χ0v) is 19.6. The van der Waals surface area contributed by atoms with Crippen molar-refractivity contribution in [2.24, 2.45) is 0 Å².